The third-order valence-corrected chi connectivity index (χ3v) is 8.10. The van der Waals surface area contributed by atoms with Gasteiger partial charge in [0.1, 0.15) is 5.76 Å². The lowest BCUT2D eigenvalue weighted by Crippen LogP contribution is -2.34. The van der Waals surface area contributed by atoms with Crippen LogP contribution >= 0.6 is 0 Å². The van der Waals surface area contributed by atoms with E-state index < -0.39 is 0 Å². The van der Waals surface area contributed by atoms with Gasteiger partial charge in [-0.25, -0.2) is 0 Å². The smallest absolute Gasteiger partial charge is 0.287 e. The Balaban J connectivity index is 1.31. The maximum absolute atomic E-state index is 12.9. The Morgan fingerprint density at radius 3 is 2.19 bits per heavy atom. The number of amides is 1. The fourth-order valence-electron chi connectivity index (χ4n) is 5.58. The van der Waals surface area contributed by atoms with Gasteiger partial charge in [-0.1, -0.05) is 94.4 Å². The minimum absolute atomic E-state index is 0.164. The monoisotopic (exact) mass is 491 g/mol. The molecule has 3 heteroatoms. The van der Waals surface area contributed by atoms with Gasteiger partial charge in [0.25, 0.3) is 5.91 Å². The van der Waals surface area contributed by atoms with E-state index in [4.69, 9.17) is 4.42 Å². The van der Waals surface area contributed by atoms with Crippen LogP contribution in [0, 0.1) is 6.92 Å². The van der Waals surface area contributed by atoms with Crippen LogP contribution in [0.2, 0.25) is 0 Å². The fraction of sp³-hybridized carbons (Fsp3) is 0.324. The molecule has 0 radical (unpaired) electrons. The third-order valence-electron chi connectivity index (χ3n) is 8.10. The molecule has 1 amide bonds. The first kappa shape index (κ1) is 25.1. The van der Waals surface area contributed by atoms with E-state index in [1.54, 1.807) is 6.07 Å². The molecule has 0 bridgehead atoms. The van der Waals surface area contributed by atoms with E-state index in [-0.39, 0.29) is 16.7 Å². The Morgan fingerprint density at radius 2 is 1.46 bits per heavy atom. The lowest BCUT2D eigenvalue weighted by Gasteiger charge is -2.42. The Morgan fingerprint density at radius 1 is 0.811 bits per heavy atom. The van der Waals surface area contributed by atoms with Crippen LogP contribution in [0.3, 0.4) is 0 Å². The topological polar surface area (TPSA) is 42.2 Å². The number of aryl methyl sites for hydroxylation is 1. The summed E-state index contributed by atoms with van der Waals surface area (Å²) in [6.45, 7) is 12.0. The van der Waals surface area contributed by atoms with E-state index in [1.165, 1.54) is 35.1 Å². The van der Waals surface area contributed by atoms with E-state index >= 15 is 0 Å². The molecule has 1 aromatic heterocycles. The number of hydrogen-bond donors (Lipinski definition) is 1. The summed E-state index contributed by atoms with van der Waals surface area (Å²) in [4.78, 5) is 12.9. The van der Waals surface area contributed by atoms with Gasteiger partial charge >= 0.3 is 0 Å². The highest BCUT2D eigenvalue weighted by Crippen LogP contribution is 2.46. The Labute approximate surface area is 220 Å². The molecule has 3 aromatic carbocycles. The van der Waals surface area contributed by atoms with Crippen LogP contribution in [0.15, 0.2) is 83.3 Å². The van der Waals surface area contributed by atoms with Gasteiger partial charge in [-0.15, -0.1) is 0 Å². The molecule has 0 atom stereocenters. The first-order valence-corrected chi connectivity index (χ1v) is 13.3. The van der Waals surface area contributed by atoms with Gasteiger partial charge in [-0.3, -0.25) is 4.79 Å². The zero-order valence-electron chi connectivity index (χ0n) is 22.7. The molecule has 0 aliphatic heterocycles. The molecule has 0 saturated heterocycles. The molecule has 37 heavy (non-hydrogen) atoms. The second-order valence-electron chi connectivity index (χ2n) is 11.7. The quantitative estimate of drug-likeness (QED) is 0.296. The van der Waals surface area contributed by atoms with Gasteiger partial charge in [0.15, 0.2) is 5.76 Å². The van der Waals surface area contributed by atoms with E-state index in [1.807, 2.05) is 36.4 Å². The largest absolute Gasteiger partial charge is 0.456 e. The number of carbonyl (C=O) groups excluding carboxylic acids is 1. The van der Waals surface area contributed by atoms with Gasteiger partial charge < -0.3 is 9.73 Å². The average Bonchev–Trinajstić information content (AvgIpc) is 3.36. The van der Waals surface area contributed by atoms with Crippen molar-refractivity contribution in [3.05, 3.63) is 118 Å². The summed E-state index contributed by atoms with van der Waals surface area (Å²) in [5, 5.41) is 3.04. The Hall–Kier alpha value is -3.59. The first-order chi connectivity index (χ1) is 17.6. The maximum atomic E-state index is 12.9. The molecule has 3 nitrogen and oxygen atoms in total. The van der Waals surface area contributed by atoms with Crippen molar-refractivity contribution >= 4 is 5.91 Å². The number of furan rings is 1. The highest BCUT2D eigenvalue weighted by molar-refractivity contribution is 5.91. The zero-order chi connectivity index (χ0) is 26.2. The summed E-state index contributed by atoms with van der Waals surface area (Å²) >= 11 is 0. The van der Waals surface area contributed by atoms with Gasteiger partial charge in [0.2, 0.25) is 0 Å². The molecule has 1 N–H and O–H groups in total. The number of nitrogens with one attached hydrogen (secondary N) is 1. The minimum atomic E-state index is -0.195. The van der Waals surface area contributed by atoms with Crippen molar-refractivity contribution in [2.45, 2.75) is 71.3 Å². The van der Waals surface area contributed by atoms with Crippen molar-refractivity contribution in [3.8, 4) is 11.1 Å². The van der Waals surface area contributed by atoms with Crippen LogP contribution in [0.5, 0.6) is 0 Å². The summed E-state index contributed by atoms with van der Waals surface area (Å²) < 4.78 is 6.03. The standard InChI is InChI=1S/C34H37NO2/c1-23-19-29-30(34(4,5)18-17-33(29,2)3)21-26(23)20-27-15-16-31(37-27)32(36)35-22-25-13-9-10-14-28(25)24-11-7-6-8-12-24/h6-16,19,21H,17-18,20,22H2,1-5H3,(H,35,36). The van der Waals surface area contributed by atoms with Crippen molar-refractivity contribution in [1.29, 1.82) is 0 Å². The maximum Gasteiger partial charge on any atom is 0.287 e. The lowest BCUT2D eigenvalue weighted by molar-refractivity contribution is 0.0921. The van der Waals surface area contributed by atoms with Crippen molar-refractivity contribution < 1.29 is 9.21 Å². The van der Waals surface area contributed by atoms with Crippen molar-refractivity contribution in [3.63, 3.8) is 0 Å². The average molecular weight is 492 g/mol. The summed E-state index contributed by atoms with van der Waals surface area (Å²) in [5.41, 5.74) is 9.17. The number of fused-ring (bicyclic) bond motifs is 1. The van der Waals surface area contributed by atoms with Crippen LogP contribution in [-0.4, -0.2) is 5.91 Å². The van der Waals surface area contributed by atoms with Gasteiger partial charge in [-0.2, -0.15) is 0 Å². The predicted octanol–water partition coefficient (Wildman–Crippen LogP) is 8.12. The molecular weight excluding hydrogens is 454 g/mol. The molecule has 1 heterocycles. The van der Waals surface area contributed by atoms with E-state index in [9.17, 15) is 4.79 Å². The number of rotatable bonds is 6. The molecule has 0 saturated carbocycles. The first-order valence-electron chi connectivity index (χ1n) is 13.3. The van der Waals surface area contributed by atoms with E-state index in [0.717, 1.165) is 22.5 Å². The van der Waals surface area contributed by atoms with Gasteiger partial charge in [0.05, 0.1) is 0 Å². The molecular formula is C34H37NO2. The van der Waals surface area contributed by atoms with E-state index in [0.29, 0.717) is 18.7 Å². The number of benzene rings is 3. The third kappa shape index (κ3) is 5.13. The van der Waals surface area contributed by atoms with Crippen molar-refractivity contribution in [2.24, 2.45) is 0 Å². The fourth-order valence-corrected chi connectivity index (χ4v) is 5.58. The van der Waals surface area contributed by atoms with Crippen molar-refractivity contribution in [1.82, 2.24) is 5.32 Å². The van der Waals surface area contributed by atoms with E-state index in [2.05, 4.69) is 76.3 Å². The second-order valence-corrected chi connectivity index (χ2v) is 11.7. The van der Waals surface area contributed by atoms with Crippen LogP contribution in [0.4, 0.5) is 0 Å². The normalized spacial score (nSPS) is 15.7. The zero-order valence-corrected chi connectivity index (χ0v) is 22.7. The van der Waals surface area contributed by atoms with Crippen LogP contribution < -0.4 is 5.32 Å². The molecule has 0 fully saturated rings. The van der Waals surface area contributed by atoms with Gasteiger partial charge in [0, 0.05) is 13.0 Å². The molecule has 1 aliphatic rings. The minimum Gasteiger partial charge on any atom is -0.456 e. The van der Waals surface area contributed by atoms with Crippen LogP contribution in [0.25, 0.3) is 11.1 Å². The highest BCUT2D eigenvalue weighted by Gasteiger charge is 2.37. The predicted molar refractivity (Wildman–Crippen MR) is 151 cm³/mol. The number of carbonyl (C=O) groups is 1. The summed E-state index contributed by atoms with van der Waals surface area (Å²) in [5.74, 6) is 0.967. The Bertz CT molecular complexity index is 1430. The molecule has 0 unspecified atom stereocenters. The number of hydrogen-bond acceptors (Lipinski definition) is 2. The summed E-state index contributed by atoms with van der Waals surface area (Å²) in [6, 6.07) is 26.9. The Kier molecular flexibility index (Phi) is 6.58. The molecule has 1 aliphatic carbocycles. The van der Waals surface area contributed by atoms with Crippen LogP contribution in [-0.2, 0) is 23.8 Å². The molecule has 0 spiro atoms. The summed E-state index contributed by atoms with van der Waals surface area (Å²) in [6.07, 6.45) is 3.08. The molecule has 4 aromatic rings. The SMILES string of the molecule is Cc1cc2c(cc1Cc1ccc(C(=O)NCc3ccccc3-c3ccccc3)o1)C(C)(C)CCC2(C)C. The highest BCUT2D eigenvalue weighted by atomic mass is 16.3. The van der Waals surface area contributed by atoms with Crippen LogP contribution in [0.1, 0.15) is 84.7 Å². The van der Waals surface area contributed by atoms with Gasteiger partial charge in [-0.05, 0) is 81.7 Å². The van der Waals surface area contributed by atoms with Crippen molar-refractivity contribution in [2.75, 3.05) is 0 Å². The molecule has 190 valence electrons. The lowest BCUT2D eigenvalue weighted by atomic mass is 9.62. The molecule has 5 rings (SSSR count). The summed E-state index contributed by atoms with van der Waals surface area (Å²) in [7, 11) is 0. The second kappa shape index (κ2) is 9.70.